The molecule has 2 aliphatic rings. The Kier molecular flexibility index (Phi) is 5.16. The molecule has 6 nitrogen and oxygen atoms in total. The number of allylic oxidation sites excluding steroid dienone is 3. The highest BCUT2D eigenvalue weighted by molar-refractivity contribution is 6.09. The molecule has 0 bridgehead atoms. The van der Waals surface area contributed by atoms with Gasteiger partial charge in [-0.1, -0.05) is 12.1 Å². The maximum Gasteiger partial charge on any atom is 0.254 e. The average molecular weight is 389 g/mol. The number of pyridine rings is 1. The number of hydrogen-bond donors (Lipinski definition) is 2. The zero-order chi connectivity index (χ0) is 20.4. The van der Waals surface area contributed by atoms with Crippen LogP contribution in [0.3, 0.4) is 0 Å². The quantitative estimate of drug-likeness (QED) is 0.834. The second-order valence-electron chi connectivity index (χ2n) is 7.23. The molecule has 1 aromatic heterocycles. The fourth-order valence-corrected chi connectivity index (χ4v) is 4.05. The minimum absolute atomic E-state index is 0.0961. The van der Waals surface area contributed by atoms with E-state index < -0.39 is 5.92 Å². The van der Waals surface area contributed by atoms with Crippen molar-refractivity contribution in [2.75, 3.05) is 12.4 Å². The number of ether oxygens (including phenoxy) is 1. The number of Topliss-reactive ketones (excluding diaryl/α,β-unsaturated/α-hetero) is 1. The zero-order valence-electron chi connectivity index (χ0n) is 16.5. The number of ketones is 1. The Morgan fingerprint density at radius 3 is 2.69 bits per heavy atom. The van der Waals surface area contributed by atoms with Gasteiger partial charge in [-0.05, 0) is 49.6 Å². The Bertz CT molecular complexity index is 1010. The van der Waals surface area contributed by atoms with Crippen molar-refractivity contribution < 1.29 is 14.3 Å². The Morgan fingerprint density at radius 1 is 1.21 bits per heavy atom. The number of dihydropyridines is 1. The zero-order valence-corrected chi connectivity index (χ0v) is 16.5. The van der Waals surface area contributed by atoms with Crippen LogP contribution in [0.4, 0.5) is 5.69 Å². The highest BCUT2D eigenvalue weighted by Gasteiger charge is 2.38. The normalized spacial score (nSPS) is 18.8. The van der Waals surface area contributed by atoms with Crippen molar-refractivity contribution in [1.82, 2.24) is 10.3 Å². The van der Waals surface area contributed by atoms with Crippen LogP contribution in [-0.4, -0.2) is 23.8 Å². The minimum atomic E-state index is -0.415. The van der Waals surface area contributed by atoms with Crippen molar-refractivity contribution >= 4 is 17.4 Å². The first-order valence-electron chi connectivity index (χ1n) is 9.68. The van der Waals surface area contributed by atoms with Gasteiger partial charge in [-0.25, -0.2) is 0 Å². The standard InChI is InChI=1S/C23H23N3O3/c1-14-20(23(28)26-16-5-4-12-24-13-16)21(15-8-10-17(29-2)11-9-15)22-18(25-14)6-3-7-19(22)27/h4-5,8-13,21,25H,3,6-7H2,1-2H3,(H,26,28). The van der Waals surface area contributed by atoms with E-state index in [-0.39, 0.29) is 11.7 Å². The first-order valence-corrected chi connectivity index (χ1v) is 9.68. The summed E-state index contributed by atoms with van der Waals surface area (Å²) in [4.78, 5) is 30.2. The monoisotopic (exact) mass is 389 g/mol. The number of rotatable bonds is 4. The molecule has 1 unspecified atom stereocenters. The van der Waals surface area contributed by atoms with Gasteiger partial charge in [-0.2, -0.15) is 0 Å². The number of aromatic nitrogens is 1. The summed E-state index contributed by atoms with van der Waals surface area (Å²) in [5.74, 6) is 0.169. The fourth-order valence-electron chi connectivity index (χ4n) is 4.05. The van der Waals surface area contributed by atoms with E-state index in [1.165, 1.54) is 0 Å². The Labute approximate surface area is 169 Å². The lowest BCUT2D eigenvalue weighted by atomic mass is 9.75. The van der Waals surface area contributed by atoms with Gasteiger partial charge in [0.2, 0.25) is 0 Å². The largest absolute Gasteiger partial charge is 0.497 e. The van der Waals surface area contributed by atoms with E-state index in [0.717, 1.165) is 35.5 Å². The average Bonchev–Trinajstić information content (AvgIpc) is 2.73. The number of amides is 1. The Hall–Kier alpha value is -3.41. The van der Waals surface area contributed by atoms with Crippen LogP contribution in [0.25, 0.3) is 0 Å². The van der Waals surface area contributed by atoms with Crippen molar-refractivity contribution in [3.63, 3.8) is 0 Å². The molecule has 148 valence electrons. The molecule has 1 aliphatic heterocycles. The molecule has 1 aliphatic carbocycles. The van der Waals surface area contributed by atoms with E-state index in [0.29, 0.717) is 23.3 Å². The molecule has 1 atom stereocenters. The SMILES string of the molecule is COc1ccc(C2C(C(=O)Nc3cccnc3)=C(C)NC3=C2C(=O)CCC3)cc1. The van der Waals surface area contributed by atoms with Crippen LogP contribution in [0.2, 0.25) is 0 Å². The lowest BCUT2D eigenvalue weighted by Crippen LogP contribution is -2.35. The summed E-state index contributed by atoms with van der Waals surface area (Å²) in [7, 11) is 1.61. The van der Waals surface area contributed by atoms with E-state index in [9.17, 15) is 9.59 Å². The summed E-state index contributed by atoms with van der Waals surface area (Å²) < 4.78 is 5.27. The number of nitrogens with zero attached hydrogens (tertiary/aromatic N) is 1. The summed E-state index contributed by atoms with van der Waals surface area (Å²) in [5, 5.41) is 6.24. The van der Waals surface area contributed by atoms with Crippen LogP contribution < -0.4 is 15.4 Å². The van der Waals surface area contributed by atoms with E-state index in [1.54, 1.807) is 31.6 Å². The molecule has 2 aromatic rings. The molecule has 2 N–H and O–H groups in total. The molecule has 0 spiro atoms. The van der Waals surface area contributed by atoms with Gasteiger partial charge >= 0.3 is 0 Å². The summed E-state index contributed by atoms with van der Waals surface area (Å²) in [6.07, 6.45) is 5.39. The van der Waals surface area contributed by atoms with Crippen molar-refractivity contribution in [1.29, 1.82) is 0 Å². The molecule has 2 heterocycles. The number of anilines is 1. The maximum absolute atomic E-state index is 13.3. The summed E-state index contributed by atoms with van der Waals surface area (Å²) in [5.41, 5.74) is 4.45. The number of carbonyl (C=O) groups is 2. The van der Waals surface area contributed by atoms with Crippen molar-refractivity contribution in [3.8, 4) is 5.75 Å². The predicted molar refractivity (Wildman–Crippen MR) is 110 cm³/mol. The minimum Gasteiger partial charge on any atom is -0.497 e. The summed E-state index contributed by atoms with van der Waals surface area (Å²) >= 11 is 0. The van der Waals surface area contributed by atoms with Crippen LogP contribution in [0.15, 0.2) is 71.3 Å². The second-order valence-corrected chi connectivity index (χ2v) is 7.23. The third-order valence-corrected chi connectivity index (χ3v) is 5.39. The van der Waals surface area contributed by atoms with Gasteiger partial charge in [-0.15, -0.1) is 0 Å². The summed E-state index contributed by atoms with van der Waals surface area (Å²) in [6.45, 7) is 1.89. The Morgan fingerprint density at radius 2 is 2.00 bits per heavy atom. The fraction of sp³-hybridized carbons (Fsp3) is 0.261. The van der Waals surface area contributed by atoms with Gasteiger partial charge in [0.1, 0.15) is 5.75 Å². The van der Waals surface area contributed by atoms with Crippen LogP contribution in [0, 0.1) is 0 Å². The van der Waals surface area contributed by atoms with Crippen molar-refractivity contribution in [2.24, 2.45) is 0 Å². The second kappa shape index (κ2) is 7.91. The first kappa shape index (κ1) is 18.9. The molecule has 0 saturated carbocycles. The molecule has 0 saturated heterocycles. The molecule has 0 fully saturated rings. The molecule has 0 radical (unpaired) electrons. The van der Waals surface area contributed by atoms with E-state index in [4.69, 9.17) is 4.74 Å². The number of carbonyl (C=O) groups excluding carboxylic acids is 2. The number of benzene rings is 1. The van der Waals surface area contributed by atoms with E-state index in [1.807, 2.05) is 31.2 Å². The highest BCUT2D eigenvalue weighted by Crippen LogP contribution is 2.42. The lowest BCUT2D eigenvalue weighted by Gasteiger charge is -2.34. The van der Waals surface area contributed by atoms with Crippen LogP contribution in [0.1, 0.15) is 37.7 Å². The van der Waals surface area contributed by atoms with Crippen molar-refractivity contribution in [3.05, 3.63) is 76.9 Å². The van der Waals surface area contributed by atoms with Gasteiger partial charge in [0, 0.05) is 41.1 Å². The maximum atomic E-state index is 13.3. The van der Waals surface area contributed by atoms with Gasteiger partial charge < -0.3 is 15.4 Å². The molecule has 6 heteroatoms. The van der Waals surface area contributed by atoms with Crippen LogP contribution >= 0.6 is 0 Å². The van der Waals surface area contributed by atoms with Crippen LogP contribution in [0.5, 0.6) is 5.75 Å². The summed E-state index contributed by atoms with van der Waals surface area (Å²) in [6, 6.07) is 11.1. The topological polar surface area (TPSA) is 80.3 Å². The van der Waals surface area contributed by atoms with Crippen molar-refractivity contribution in [2.45, 2.75) is 32.1 Å². The molecule has 1 aromatic carbocycles. The van der Waals surface area contributed by atoms with E-state index >= 15 is 0 Å². The van der Waals surface area contributed by atoms with Gasteiger partial charge in [0.15, 0.2) is 5.78 Å². The molecule has 29 heavy (non-hydrogen) atoms. The predicted octanol–water partition coefficient (Wildman–Crippen LogP) is 3.70. The molecular weight excluding hydrogens is 366 g/mol. The number of hydrogen-bond acceptors (Lipinski definition) is 5. The Balaban J connectivity index is 1.78. The lowest BCUT2D eigenvalue weighted by molar-refractivity contribution is -0.116. The molecular formula is C23H23N3O3. The van der Waals surface area contributed by atoms with E-state index in [2.05, 4.69) is 15.6 Å². The first-order chi connectivity index (χ1) is 14.1. The molecule has 4 rings (SSSR count). The molecule has 1 amide bonds. The van der Waals surface area contributed by atoms with Crippen LogP contribution in [-0.2, 0) is 9.59 Å². The number of methoxy groups -OCH3 is 1. The third kappa shape index (κ3) is 3.66. The highest BCUT2D eigenvalue weighted by atomic mass is 16.5. The van der Waals surface area contributed by atoms with Gasteiger partial charge in [0.25, 0.3) is 5.91 Å². The van der Waals surface area contributed by atoms with Gasteiger partial charge in [-0.3, -0.25) is 14.6 Å². The third-order valence-electron chi connectivity index (χ3n) is 5.39. The smallest absolute Gasteiger partial charge is 0.254 e. The number of nitrogens with one attached hydrogen (secondary N) is 2. The van der Waals surface area contributed by atoms with Gasteiger partial charge in [0.05, 0.1) is 19.0 Å².